The van der Waals surface area contributed by atoms with Crippen molar-refractivity contribution >= 4 is 47.2 Å². The van der Waals surface area contributed by atoms with E-state index < -0.39 is 10.0 Å². The van der Waals surface area contributed by atoms with Gasteiger partial charge in [0.25, 0.3) is 0 Å². The molecule has 5 aromatic carbocycles. The summed E-state index contributed by atoms with van der Waals surface area (Å²) in [5, 5.41) is 2.71. The van der Waals surface area contributed by atoms with Crippen molar-refractivity contribution in [3.05, 3.63) is 127 Å². The Hall–Kier alpha value is -3.53. The Bertz CT molecular complexity index is 1540. The standard InChI is InChI=1S/C34H31NS2.C2H6/c1-3-35(4-2)26-23-24-32-31(25-26)30-21-14-22-33(34(30)36-32)37(27-15-8-5-9-16-27,28-17-10-6-11-18-28)29-19-12-7-13-20-29;1-2/h5-25H,3-4H2,1-2H3;1-2H3. The molecular formula is C36H37NS2. The lowest BCUT2D eigenvalue weighted by Crippen LogP contribution is -2.21. The van der Waals surface area contributed by atoms with Gasteiger partial charge >= 0.3 is 0 Å². The zero-order valence-electron chi connectivity index (χ0n) is 23.3. The third-order valence-corrected chi connectivity index (χ3v) is 12.5. The van der Waals surface area contributed by atoms with Gasteiger partial charge in [0, 0.05) is 58.5 Å². The summed E-state index contributed by atoms with van der Waals surface area (Å²) in [7, 11) is -1.72. The summed E-state index contributed by atoms with van der Waals surface area (Å²) in [5.41, 5.74) is 1.30. The van der Waals surface area contributed by atoms with Gasteiger partial charge in [-0.05, 0) is 74.5 Å². The number of nitrogens with zero attached hydrogens (tertiary/aromatic N) is 1. The van der Waals surface area contributed by atoms with Crippen LogP contribution in [-0.4, -0.2) is 13.1 Å². The first-order chi connectivity index (χ1) is 19.3. The number of hydrogen-bond acceptors (Lipinski definition) is 2. The molecule has 0 radical (unpaired) electrons. The molecule has 0 fully saturated rings. The molecule has 0 saturated heterocycles. The third kappa shape index (κ3) is 4.75. The highest BCUT2D eigenvalue weighted by Gasteiger charge is 2.35. The van der Waals surface area contributed by atoms with E-state index in [1.54, 1.807) is 0 Å². The Morgan fingerprint density at radius 3 is 1.56 bits per heavy atom. The molecule has 1 aromatic heterocycles. The van der Waals surface area contributed by atoms with E-state index in [4.69, 9.17) is 0 Å². The Labute approximate surface area is 239 Å². The van der Waals surface area contributed by atoms with Crippen LogP contribution >= 0.6 is 21.4 Å². The molecule has 0 atom stereocenters. The van der Waals surface area contributed by atoms with Crippen LogP contribution in [0.1, 0.15) is 27.7 Å². The maximum absolute atomic E-state index is 2.43. The van der Waals surface area contributed by atoms with E-state index in [1.165, 1.54) is 45.4 Å². The van der Waals surface area contributed by atoms with Gasteiger partial charge in [-0.25, -0.2) is 0 Å². The summed E-state index contributed by atoms with van der Waals surface area (Å²) in [6.45, 7) is 10.5. The van der Waals surface area contributed by atoms with Crippen molar-refractivity contribution in [3.8, 4) is 0 Å². The van der Waals surface area contributed by atoms with E-state index in [2.05, 4.69) is 146 Å². The lowest BCUT2D eigenvalue weighted by atomic mass is 10.1. The zero-order chi connectivity index (χ0) is 27.2. The molecule has 0 aliphatic carbocycles. The minimum absolute atomic E-state index is 1.01. The second kappa shape index (κ2) is 12.1. The fourth-order valence-electron chi connectivity index (χ4n) is 5.45. The quantitative estimate of drug-likeness (QED) is 0.192. The summed E-state index contributed by atoms with van der Waals surface area (Å²) in [4.78, 5) is 7.93. The highest BCUT2D eigenvalue weighted by atomic mass is 32.3. The van der Waals surface area contributed by atoms with Crippen molar-refractivity contribution in [2.45, 2.75) is 47.3 Å². The first kappa shape index (κ1) is 27.1. The molecule has 0 N–H and O–H groups in total. The van der Waals surface area contributed by atoms with Crippen LogP contribution in [0.4, 0.5) is 5.69 Å². The van der Waals surface area contributed by atoms with Gasteiger partial charge in [-0.15, -0.1) is 21.4 Å². The average molecular weight is 548 g/mol. The van der Waals surface area contributed by atoms with E-state index in [0.29, 0.717) is 0 Å². The van der Waals surface area contributed by atoms with E-state index in [-0.39, 0.29) is 0 Å². The van der Waals surface area contributed by atoms with Crippen molar-refractivity contribution < 1.29 is 0 Å². The van der Waals surface area contributed by atoms with Crippen LogP contribution in [0, 0.1) is 0 Å². The predicted octanol–water partition coefficient (Wildman–Crippen LogP) is 11.3. The molecule has 3 heteroatoms. The summed E-state index contributed by atoms with van der Waals surface area (Å²) >= 11 is 1.94. The lowest BCUT2D eigenvalue weighted by molar-refractivity contribution is 0.867. The molecule has 1 nitrogen and oxygen atoms in total. The van der Waals surface area contributed by atoms with E-state index in [9.17, 15) is 0 Å². The molecule has 0 bridgehead atoms. The number of rotatable bonds is 7. The van der Waals surface area contributed by atoms with Crippen LogP contribution in [0.5, 0.6) is 0 Å². The lowest BCUT2D eigenvalue weighted by Gasteiger charge is -2.42. The summed E-state index contributed by atoms with van der Waals surface area (Å²) in [6.07, 6.45) is 0. The monoisotopic (exact) mass is 547 g/mol. The van der Waals surface area contributed by atoms with E-state index >= 15 is 0 Å². The van der Waals surface area contributed by atoms with Crippen molar-refractivity contribution in [3.63, 3.8) is 0 Å². The second-order valence-electron chi connectivity index (χ2n) is 9.14. The predicted molar refractivity (Wildman–Crippen MR) is 174 cm³/mol. The van der Waals surface area contributed by atoms with Crippen molar-refractivity contribution in [1.82, 2.24) is 0 Å². The number of benzene rings is 5. The minimum atomic E-state index is -1.72. The molecule has 0 amide bonds. The maximum Gasteiger partial charge on any atom is 0.0485 e. The van der Waals surface area contributed by atoms with Crippen LogP contribution in [0.15, 0.2) is 147 Å². The number of hydrogen-bond donors (Lipinski definition) is 0. The van der Waals surface area contributed by atoms with Crippen molar-refractivity contribution in [2.24, 2.45) is 0 Å². The molecule has 0 saturated carbocycles. The van der Waals surface area contributed by atoms with Crippen LogP contribution in [0.2, 0.25) is 0 Å². The van der Waals surface area contributed by atoms with Gasteiger partial charge in [0.15, 0.2) is 0 Å². The van der Waals surface area contributed by atoms with Gasteiger partial charge < -0.3 is 4.90 Å². The molecule has 0 aliphatic heterocycles. The van der Waals surface area contributed by atoms with Gasteiger partial charge in [-0.2, -0.15) is 0 Å². The SMILES string of the molecule is CC.CCN(CC)c1ccc2sc3c(S(c4ccccc4)(c4ccccc4)c4ccccc4)cccc3c2c1. The highest BCUT2D eigenvalue weighted by Crippen LogP contribution is 2.75. The molecule has 198 valence electrons. The van der Waals surface area contributed by atoms with Crippen LogP contribution < -0.4 is 4.90 Å². The zero-order valence-corrected chi connectivity index (χ0v) is 24.9. The van der Waals surface area contributed by atoms with Crippen LogP contribution in [0.3, 0.4) is 0 Å². The number of fused-ring (bicyclic) bond motifs is 3. The van der Waals surface area contributed by atoms with Gasteiger partial charge in [-0.3, -0.25) is 0 Å². The minimum Gasteiger partial charge on any atom is -0.372 e. The molecule has 1 heterocycles. The maximum atomic E-state index is 2.43. The van der Waals surface area contributed by atoms with Crippen molar-refractivity contribution in [1.29, 1.82) is 0 Å². The smallest absolute Gasteiger partial charge is 0.0485 e. The molecule has 39 heavy (non-hydrogen) atoms. The Morgan fingerprint density at radius 1 is 0.564 bits per heavy atom. The largest absolute Gasteiger partial charge is 0.372 e. The van der Waals surface area contributed by atoms with Crippen LogP contribution in [-0.2, 0) is 0 Å². The first-order valence-electron chi connectivity index (χ1n) is 14.0. The van der Waals surface area contributed by atoms with E-state index in [0.717, 1.165) is 13.1 Å². The van der Waals surface area contributed by atoms with Gasteiger partial charge in [0.2, 0.25) is 0 Å². The van der Waals surface area contributed by atoms with E-state index in [1.807, 2.05) is 25.2 Å². The van der Waals surface area contributed by atoms with Gasteiger partial charge in [0.05, 0.1) is 0 Å². The topological polar surface area (TPSA) is 3.24 Å². The number of anilines is 1. The Kier molecular flexibility index (Phi) is 8.40. The summed E-state index contributed by atoms with van der Waals surface area (Å²) < 4.78 is 2.74. The first-order valence-corrected chi connectivity index (χ1v) is 16.4. The molecule has 0 aliphatic rings. The molecule has 6 rings (SSSR count). The second-order valence-corrected chi connectivity index (χ2v) is 13.3. The van der Waals surface area contributed by atoms with Gasteiger partial charge in [0.1, 0.15) is 0 Å². The summed E-state index contributed by atoms with van der Waals surface area (Å²) in [5.74, 6) is 0. The van der Waals surface area contributed by atoms with Crippen LogP contribution in [0.25, 0.3) is 20.2 Å². The molecule has 6 aromatic rings. The van der Waals surface area contributed by atoms with Gasteiger partial charge in [-0.1, -0.05) is 80.6 Å². The average Bonchev–Trinajstić information content (AvgIpc) is 3.40. The normalized spacial score (nSPS) is 11.7. The fraction of sp³-hybridized carbons (Fsp3) is 0.167. The molecule has 0 unspecified atom stereocenters. The molecular weight excluding hydrogens is 511 g/mol. The van der Waals surface area contributed by atoms with Crippen molar-refractivity contribution in [2.75, 3.05) is 18.0 Å². The molecule has 0 spiro atoms. The Morgan fingerprint density at radius 2 is 1.08 bits per heavy atom. The highest BCUT2D eigenvalue weighted by molar-refractivity contribution is 8.34. The fourth-order valence-corrected chi connectivity index (χ4v) is 11.0. The third-order valence-electron chi connectivity index (χ3n) is 7.19. The Balaban J connectivity index is 0.00000151. The summed E-state index contributed by atoms with van der Waals surface area (Å²) in [6, 6.07) is 47.4. The number of thiophene rings is 1.